The molecule has 7 nitrogen and oxygen atoms in total. The number of rotatable bonds is 5. The molecule has 0 radical (unpaired) electrons. The second-order valence-corrected chi connectivity index (χ2v) is 7.09. The minimum atomic E-state index is -0.567. The number of aromatic nitrogens is 3. The number of halogens is 3. The van der Waals surface area contributed by atoms with Crippen LogP contribution < -0.4 is 15.5 Å². The van der Waals surface area contributed by atoms with Gasteiger partial charge >= 0.3 is 0 Å². The molecule has 0 saturated carbocycles. The summed E-state index contributed by atoms with van der Waals surface area (Å²) >= 11 is 0. The van der Waals surface area contributed by atoms with Crippen molar-refractivity contribution in [1.82, 2.24) is 25.2 Å². The molecule has 1 unspecified atom stereocenters. The summed E-state index contributed by atoms with van der Waals surface area (Å²) in [5.74, 6) is 0.366. The van der Waals surface area contributed by atoms with E-state index in [-0.39, 0.29) is 30.0 Å². The fraction of sp³-hybridized carbons (Fsp3) is 0.286. The zero-order valence-corrected chi connectivity index (χ0v) is 19.3. The van der Waals surface area contributed by atoms with E-state index >= 15 is 0 Å². The monoisotopic (exact) mass is 539 g/mol. The van der Waals surface area contributed by atoms with Gasteiger partial charge in [-0.05, 0) is 30.2 Å². The Labute approximate surface area is 196 Å². The van der Waals surface area contributed by atoms with E-state index in [9.17, 15) is 8.78 Å². The Kier molecular flexibility index (Phi) is 7.77. The molecule has 2 N–H and O–H groups in total. The predicted octanol–water partition coefficient (Wildman–Crippen LogP) is 3.11. The van der Waals surface area contributed by atoms with E-state index in [1.165, 1.54) is 12.1 Å². The Morgan fingerprint density at radius 3 is 2.81 bits per heavy atom. The zero-order valence-electron chi connectivity index (χ0n) is 17.0. The van der Waals surface area contributed by atoms with Crippen molar-refractivity contribution in [1.29, 1.82) is 0 Å². The Balaban J connectivity index is 0.00000272. The van der Waals surface area contributed by atoms with Gasteiger partial charge in [0.1, 0.15) is 23.8 Å². The maximum atomic E-state index is 14.0. The van der Waals surface area contributed by atoms with Gasteiger partial charge in [0.25, 0.3) is 0 Å². The van der Waals surface area contributed by atoms with E-state index in [0.717, 1.165) is 23.9 Å². The second kappa shape index (κ2) is 10.5. The smallest absolute Gasteiger partial charge is 0.191 e. The average Bonchev–Trinajstić information content (AvgIpc) is 3.44. The molecule has 2 aromatic heterocycles. The lowest BCUT2D eigenvalue weighted by molar-refractivity contribution is 0.580. The molecule has 0 spiro atoms. The molecule has 4 rings (SSSR count). The molecule has 1 saturated heterocycles. The van der Waals surface area contributed by atoms with Crippen LogP contribution in [0.3, 0.4) is 0 Å². The summed E-state index contributed by atoms with van der Waals surface area (Å²) in [6, 6.07) is 7.73. The molecule has 31 heavy (non-hydrogen) atoms. The number of anilines is 1. The first kappa shape index (κ1) is 22.9. The van der Waals surface area contributed by atoms with Gasteiger partial charge in [-0.1, -0.05) is 6.07 Å². The lowest BCUT2D eigenvalue weighted by Gasteiger charge is -2.21. The SMILES string of the molecule is CN=C(NCc1ccc(-n2ccnc2)nc1)NC1CCN(c2ccc(F)cc2F)C1.I. The number of nitrogens with one attached hydrogen (secondary N) is 2. The summed E-state index contributed by atoms with van der Waals surface area (Å²) in [5.41, 5.74) is 1.44. The highest BCUT2D eigenvalue weighted by Crippen LogP contribution is 2.24. The maximum absolute atomic E-state index is 14.0. The molecule has 0 amide bonds. The van der Waals surface area contributed by atoms with Gasteiger partial charge < -0.3 is 15.5 Å². The minimum absolute atomic E-state index is 0. The Hall–Kier alpha value is -2.76. The van der Waals surface area contributed by atoms with Crippen LogP contribution in [0, 0.1) is 11.6 Å². The average molecular weight is 539 g/mol. The van der Waals surface area contributed by atoms with Crippen LogP contribution in [0.4, 0.5) is 14.5 Å². The van der Waals surface area contributed by atoms with E-state index in [2.05, 4.69) is 25.6 Å². The van der Waals surface area contributed by atoms with Gasteiger partial charge in [-0.3, -0.25) is 9.56 Å². The van der Waals surface area contributed by atoms with Gasteiger partial charge in [-0.15, -0.1) is 24.0 Å². The third-order valence-corrected chi connectivity index (χ3v) is 5.04. The summed E-state index contributed by atoms with van der Waals surface area (Å²) in [6.45, 7) is 1.88. The van der Waals surface area contributed by atoms with Crippen LogP contribution in [0.1, 0.15) is 12.0 Å². The molecule has 3 aromatic rings. The van der Waals surface area contributed by atoms with Crippen molar-refractivity contribution in [3.05, 3.63) is 72.4 Å². The highest BCUT2D eigenvalue weighted by atomic mass is 127. The van der Waals surface area contributed by atoms with E-state index in [0.29, 0.717) is 31.3 Å². The predicted molar refractivity (Wildman–Crippen MR) is 127 cm³/mol. The van der Waals surface area contributed by atoms with E-state index in [4.69, 9.17) is 0 Å². The van der Waals surface area contributed by atoms with Crippen molar-refractivity contribution in [3.63, 3.8) is 0 Å². The quantitative estimate of drug-likeness (QED) is 0.297. The standard InChI is InChI=1S/C21H23F2N7.HI/c1-24-21(27-12-15-2-5-20(26-11-15)30-9-7-25-14-30)28-17-6-8-29(13-17)19-4-3-16(22)10-18(19)23;/h2-5,7,9-11,14,17H,6,8,12-13H2,1H3,(H2,24,27,28);1H. The van der Waals surface area contributed by atoms with E-state index < -0.39 is 11.6 Å². The van der Waals surface area contributed by atoms with Crippen molar-refractivity contribution in [3.8, 4) is 5.82 Å². The Morgan fingerprint density at radius 2 is 2.13 bits per heavy atom. The van der Waals surface area contributed by atoms with E-state index in [1.807, 2.05) is 34.0 Å². The largest absolute Gasteiger partial charge is 0.367 e. The van der Waals surface area contributed by atoms with Crippen LogP contribution in [0.15, 0.2) is 60.2 Å². The summed E-state index contributed by atoms with van der Waals surface area (Å²) in [5, 5.41) is 6.65. The fourth-order valence-electron chi connectivity index (χ4n) is 3.48. The number of aliphatic imine (C=N–C) groups is 1. The molecule has 0 aliphatic carbocycles. The van der Waals surface area contributed by atoms with Crippen molar-refractivity contribution in [2.45, 2.75) is 19.0 Å². The van der Waals surface area contributed by atoms with Gasteiger partial charge in [-0.2, -0.15) is 0 Å². The topological polar surface area (TPSA) is 70.4 Å². The van der Waals surface area contributed by atoms with Crippen molar-refractivity contribution < 1.29 is 8.78 Å². The van der Waals surface area contributed by atoms with E-state index in [1.54, 1.807) is 19.6 Å². The first-order chi connectivity index (χ1) is 14.6. The molecule has 10 heteroatoms. The number of guanidine groups is 1. The van der Waals surface area contributed by atoms with Gasteiger partial charge in [0, 0.05) is 57.4 Å². The number of imidazole rings is 1. The minimum Gasteiger partial charge on any atom is -0.367 e. The number of nitrogens with zero attached hydrogens (tertiary/aromatic N) is 5. The third kappa shape index (κ3) is 5.69. The molecule has 1 aliphatic rings. The van der Waals surface area contributed by atoms with Gasteiger partial charge in [-0.25, -0.2) is 18.7 Å². The van der Waals surface area contributed by atoms with Crippen LogP contribution in [-0.2, 0) is 6.54 Å². The molecular weight excluding hydrogens is 515 g/mol. The lowest BCUT2D eigenvalue weighted by atomic mass is 10.2. The molecule has 1 atom stereocenters. The second-order valence-electron chi connectivity index (χ2n) is 7.09. The summed E-state index contributed by atoms with van der Waals surface area (Å²) in [4.78, 5) is 14.6. The van der Waals surface area contributed by atoms with Gasteiger partial charge in [0.15, 0.2) is 5.96 Å². The summed E-state index contributed by atoms with van der Waals surface area (Å²) < 4.78 is 29.0. The first-order valence-electron chi connectivity index (χ1n) is 9.73. The Bertz CT molecular complexity index is 1010. The summed E-state index contributed by atoms with van der Waals surface area (Å²) in [6.07, 6.45) is 7.90. The molecule has 1 aliphatic heterocycles. The van der Waals surface area contributed by atoms with Crippen molar-refractivity contribution >= 4 is 35.6 Å². The number of hydrogen-bond acceptors (Lipinski definition) is 4. The molecule has 1 fully saturated rings. The molecule has 1 aromatic carbocycles. The third-order valence-electron chi connectivity index (χ3n) is 5.04. The molecular formula is C21H24F2IN7. The molecule has 164 valence electrons. The van der Waals surface area contributed by atoms with Crippen LogP contribution in [-0.4, -0.2) is 46.7 Å². The summed E-state index contributed by atoms with van der Waals surface area (Å²) in [7, 11) is 1.71. The maximum Gasteiger partial charge on any atom is 0.191 e. The highest BCUT2D eigenvalue weighted by molar-refractivity contribution is 14.0. The van der Waals surface area contributed by atoms with Crippen LogP contribution in [0.5, 0.6) is 0 Å². The van der Waals surface area contributed by atoms with Crippen molar-refractivity contribution in [2.75, 3.05) is 25.0 Å². The lowest BCUT2D eigenvalue weighted by Crippen LogP contribution is -2.44. The highest BCUT2D eigenvalue weighted by Gasteiger charge is 2.25. The molecule has 0 bridgehead atoms. The van der Waals surface area contributed by atoms with Gasteiger partial charge in [0.05, 0.1) is 5.69 Å². The zero-order chi connectivity index (χ0) is 20.9. The normalized spacial score (nSPS) is 16.2. The number of pyridine rings is 1. The fourth-order valence-corrected chi connectivity index (χ4v) is 3.48. The molecule has 3 heterocycles. The van der Waals surface area contributed by atoms with Crippen LogP contribution in [0.2, 0.25) is 0 Å². The van der Waals surface area contributed by atoms with Crippen molar-refractivity contribution in [2.24, 2.45) is 4.99 Å². The Morgan fingerprint density at radius 1 is 1.26 bits per heavy atom. The number of benzene rings is 1. The number of hydrogen-bond donors (Lipinski definition) is 2. The van der Waals surface area contributed by atoms with Gasteiger partial charge in [0.2, 0.25) is 0 Å². The van der Waals surface area contributed by atoms with Crippen LogP contribution in [0.25, 0.3) is 5.82 Å². The first-order valence-corrected chi connectivity index (χ1v) is 9.73. The van der Waals surface area contributed by atoms with Crippen LogP contribution >= 0.6 is 24.0 Å².